The third-order valence-corrected chi connectivity index (χ3v) is 6.79. The van der Waals surface area contributed by atoms with Crippen LogP contribution in [0.3, 0.4) is 0 Å². The van der Waals surface area contributed by atoms with E-state index in [0.29, 0.717) is 26.8 Å². The van der Waals surface area contributed by atoms with Crippen LogP contribution in [0.5, 0.6) is 0 Å². The molecule has 1 amide bonds. The van der Waals surface area contributed by atoms with Crippen LogP contribution in [0.25, 0.3) is 17.1 Å². The highest BCUT2D eigenvalue weighted by molar-refractivity contribution is 7.99. The molecule has 1 aromatic heterocycles. The number of benzene rings is 2. The molecule has 3 aromatic rings. The molecule has 0 atom stereocenters. The molecule has 4 rings (SSSR count). The third kappa shape index (κ3) is 4.66. The van der Waals surface area contributed by atoms with E-state index in [1.807, 2.05) is 46.7 Å². The summed E-state index contributed by atoms with van der Waals surface area (Å²) in [5, 5.41) is 10.4. The summed E-state index contributed by atoms with van der Waals surface area (Å²) >= 11 is 13.8. The van der Waals surface area contributed by atoms with E-state index in [1.54, 1.807) is 12.1 Å². The molecule has 0 aliphatic carbocycles. The van der Waals surface area contributed by atoms with E-state index in [9.17, 15) is 4.79 Å². The van der Waals surface area contributed by atoms with Crippen LogP contribution in [0.4, 0.5) is 0 Å². The number of thioether (sulfide) groups is 1. The van der Waals surface area contributed by atoms with Gasteiger partial charge >= 0.3 is 0 Å². The Morgan fingerprint density at radius 2 is 1.73 bits per heavy atom. The fourth-order valence-electron chi connectivity index (χ4n) is 3.47. The summed E-state index contributed by atoms with van der Waals surface area (Å²) in [7, 11) is 0. The van der Waals surface area contributed by atoms with Crippen molar-refractivity contribution in [1.82, 2.24) is 19.7 Å². The van der Waals surface area contributed by atoms with Gasteiger partial charge in [-0.2, -0.15) is 0 Å². The molecule has 0 bridgehead atoms. The lowest BCUT2D eigenvalue weighted by Gasteiger charge is -2.26. The number of aromatic nitrogens is 3. The first-order chi connectivity index (χ1) is 14.5. The number of rotatable bonds is 5. The molecule has 2 heterocycles. The molecule has 1 aliphatic rings. The van der Waals surface area contributed by atoms with Crippen molar-refractivity contribution in [2.24, 2.45) is 0 Å². The number of likely N-dealkylation sites (tertiary alicyclic amines) is 1. The molecule has 1 aliphatic heterocycles. The quantitative estimate of drug-likeness (QED) is 0.461. The van der Waals surface area contributed by atoms with Gasteiger partial charge in [0.1, 0.15) is 0 Å². The van der Waals surface area contributed by atoms with Crippen LogP contribution in [0.15, 0.2) is 47.6 Å². The van der Waals surface area contributed by atoms with E-state index < -0.39 is 0 Å². The van der Waals surface area contributed by atoms with E-state index in [2.05, 4.69) is 10.2 Å². The van der Waals surface area contributed by atoms with Crippen LogP contribution >= 0.6 is 35.0 Å². The summed E-state index contributed by atoms with van der Waals surface area (Å²) in [6.45, 7) is 3.72. The second-order valence-corrected chi connectivity index (χ2v) is 9.09. The standard InChI is InChI=1S/C22H22Cl2N4OS/c1-15-5-7-16(8-6-15)21-25-26-22(28(21)17-9-10-18(23)19(24)13-17)30-14-20(29)27-11-3-2-4-12-27/h5-10,13H,2-4,11-12,14H2,1H3. The molecule has 0 N–H and O–H groups in total. The number of amides is 1. The highest BCUT2D eigenvalue weighted by atomic mass is 35.5. The van der Waals surface area contributed by atoms with Crippen molar-refractivity contribution in [1.29, 1.82) is 0 Å². The fourth-order valence-corrected chi connectivity index (χ4v) is 4.62. The lowest BCUT2D eigenvalue weighted by molar-refractivity contribution is -0.129. The molecular formula is C22H22Cl2N4OS. The lowest BCUT2D eigenvalue weighted by Crippen LogP contribution is -2.36. The number of carbonyl (C=O) groups excluding carboxylic acids is 1. The molecule has 0 spiro atoms. The van der Waals surface area contributed by atoms with E-state index in [-0.39, 0.29) is 5.91 Å². The van der Waals surface area contributed by atoms with Crippen LogP contribution in [0, 0.1) is 6.92 Å². The van der Waals surface area contributed by atoms with Crippen molar-refractivity contribution < 1.29 is 4.79 Å². The molecule has 0 unspecified atom stereocenters. The van der Waals surface area contributed by atoms with Crippen LogP contribution in [0.1, 0.15) is 24.8 Å². The zero-order chi connectivity index (χ0) is 21.1. The number of halogens is 2. The summed E-state index contributed by atoms with van der Waals surface area (Å²) in [4.78, 5) is 14.6. The van der Waals surface area contributed by atoms with Crippen LogP contribution in [0.2, 0.25) is 10.0 Å². The highest BCUT2D eigenvalue weighted by Crippen LogP contribution is 2.31. The Labute approximate surface area is 190 Å². The zero-order valence-corrected chi connectivity index (χ0v) is 19.0. The first-order valence-corrected chi connectivity index (χ1v) is 11.7. The maximum atomic E-state index is 12.6. The average molecular weight is 461 g/mol. The van der Waals surface area contributed by atoms with Crippen molar-refractivity contribution in [3.8, 4) is 17.1 Å². The van der Waals surface area contributed by atoms with Crippen LogP contribution in [-0.4, -0.2) is 44.4 Å². The number of aryl methyl sites for hydroxylation is 1. The van der Waals surface area contributed by atoms with Gasteiger partial charge in [0.15, 0.2) is 11.0 Å². The summed E-state index contributed by atoms with van der Waals surface area (Å²) in [6, 6.07) is 13.5. The topological polar surface area (TPSA) is 51.0 Å². The SMILES string of the molecule is Cc1ccc(-c2nnc(SCC(=O)N3CCCCC3)n2-c2ccc(Cl)c(Cl)c2)cc1. The molecular weight excluding hydrogens is 439 g/mol. The number of piperidine rings is 1. The fraction of sp³-hybridized carbons (Fsp3) is 0.318. The normalized spacial score (nSPS) is 14.2. The summed E-state index contributed by atoms with van der Waals surface area (Å²) in [5.74, 6) is 1.16. The molecule has 156 valence electrons. The summed E-state index contributed by atoms with van der Waals surface area (Å²) in [5.41, 5.74) is 2.91. The van der Waals surface area contributed by atoms with Crippen molar-refractivity contribution in [2.75, 3.05) is 18.8 Å². The molecule has 2 aromatic carbocycles. The number of nitrogens with zero attached hydrogens (tertiary/aromatic N) is 4. The van der Waals surface area contributed by atoms with E-state index in [1.165, 1.54) is 23.7 Å². The smallest absolute Gasteiger partial charge is 0.233 e. The number of hydrogen-bond acceptors (Lipinski definition) is 4. The first kappa shape index (κ1) is 21.2. The van der Waals surface area contributed by atoms with Gasteiger partial charge in [0.05, 0.1) is 21.5 Å². The minimum absolute atomic E-state index is 0.139. The largest absolute Gasteiger partial charge is 0.342 e. The molecule has 0 saturated carbocycles. The Morgan fingerprint density at radius 1 is 1.00 bits per heavy atom. The van der Waals surface area contributed by atoms with Crippen molar-refractivity contribution >= 4 is 40.9 Å². The Morgan fingerprint density at radius 3 is 2.43 bits per heavy atom. The predicted octanol–water partition coefficient (Wildman–Crippen LogP) is 5.65. The van der Waals surface area contributed by atoms with E-state index >= 15 is 0 Å². The van der Waals surface area contributed by atoms with Gasteiger partial charge in [-0.05, 0) is 44.4 Å². The molecule has 1 saturated heterocycles. The van der Waals surface area contributed by atoms with Gasteiger partial charge in [0.25, 0.3) is 0 Å². The summed E-state index contributed by atoms with van der Waals surface area (Å²) in [6.07, 6.45) is 3.35. The lowest BCUT2D eigenvalue weighted by atomic mass is 10.1. The molecule has 0 radical (unpaired) electrons. The Hall–Kier alpha value is -2.02. The van der Waals surface area contributed by atoms with Crippen molar-refractivity contribution in [3.05, 3.63) is 58.1 Å². The minimum atomic E-state index is 0.139. The highest BCUT2D eigenvalue weighted by Gasteiger charge is 2.21. The summed E-state index contributed by atoms with van der Waals surface area (Å²) < 4.78 is 1.93. The molecule has 5 nitrogen and oxygen atoms in total. The van der Waals surface area contributed by atoms with Gasteiger partial charge in [-0.3, -0.25) is 9.36 Å². The number of carbonyl (C=O) groups is 1. The van der Waals surface area contributed by atoms with Crippen molar-refractivity contribution in [2.45, 2.75) is 31.3 Å². The number of hydrogen-bond donors (Lipinski definition) is 0. The third-order valence-electron chi connectivity index (χ3n) is 5.14. The van der Waals surface area contributed by atoms with Gasteiger partial charge in [-0.15, -0.1) is 10.2 Å². The van der Waals surface area contributed by atoms with E-state index in [4.69, 9.17) is 23.2 Å². The van der Waals surface area contributed by atoms with Crippen LogP contribution in [-0.2, 0) is 4.79 Å². The second kappa shape index (κ2) is 9.41. The maximum absolute atomic E-state index is 12.6. The Kier molecular flexibility index (Phi) is 6.66. The van der Waals surface area contributed by atoms with Gasteiger partial charge in [0, 0.05) is 18.7 Å². The van der Waals surface area contributed by atoms with Gasteiger partial charge in [0.2, 0.25) is 5.91 Å². The van der Waals surface area contributed by atoms with E-state index in [0.717, 1.165) is 37.2 Å². The van der Waals surface area contributed by atoms with Crippen molar-refractivity contribution in [3.63, 3.8) is 0 Å². The second-order valence-electron chi connectivity index (χ2n) is 7.34. The zero-order valence-electron chi connectivity index (χ0n) is 16.6. The van der Waals surface area contributed by atoms with Gasteiger partial charge < -0.3 is 4.90 Å². The van der Waals surface area contributed by atoms with Gasteiger partial charge in [-0.1, -0.05) is 64.8 Å². The van der Waals surface area contributed by atoms with Crippen LogP contribution < -0.4 is 0 Å². The first-order valence-electron chi connectivity index (χ1n) is 9.91. The van der Waals surface area contributed by atoms with Gasteiger partial charge in [-0.25, -0.2) is 0 Å². The minimum Gasteiger partial charge on any atom is -0.342 e. The molecule has 8 heteroatoms. The Balaban J connectivity index is 1.66. The predicted molar refractivity (Wildman–Crippen MR) is 123 cm³/mol. The average Bonchev–Trinajstić information content (AvgIpc) is 3.19. The maximum Gasteiger partial charge on any atom is 0.233 e. The Bertz CT molecular complexity index is 1050. The monoisotopic (exact) mass is 460 g/mol. The molecule has 1 fully saturated rings. The molecule has 30 heavy (non-hydrogen) atoms.